The van der Waals surface area contributed by atoms with E-state index in [1.807, 2.05) is 6.92 Å². The lowest BCUT2D eigenvalue weighted by molar-refractivity contribution is 0.166. The maximum absolute atomic E-state index is 14.0. The molecule has 0 amide bonds. The van der Waals surface area contributed by atoms with Crippen LogP contribution >= 0.6 is 23.2 Å². The number of halogens is 3. The summed E-state index contributed by atoms with van der Waals surface area (Å²) in [5.41, 5.74) is 0.536. The molecule has 1 aliphatic heterocycles. The Kier molecular flexibility index (Phi) is 4.84. The molecule has 2 nitrogen and oxygen atoms in total. The monoisotopic (exact) mass is 290 g/mol. The van der Waals surface area contributed by atoms with Crippen LogP contribution in [0.25, 0.3) is 0 Å². The SMILES string of the molecule is CC[C@H](c1c(F)ccc(Cl)c1Cl)N1CCNCC1. The summed E-state index contributed by atoms with van der Waals surface area (Å²) in [5, 5.41) is 4.06. The number of nitrogens with zero attached hydrogens (tertiary/aromatic N) is 1. The molecule has 0 unspecified atom stereocenters. The van der Waals surface area contributed by atoms with Crippen LogP contribution < -0.4 is 5.32 Å². The van der Waals surface area contributed by atoms with Crippen LogP contribution in [0.1, 0.15) is 24.9 Å². The van der Waals surface area contributed by atoms with E-state index in [1.54, 1.807) is 0 Å². The van der Waals surface area contributed by atoms with Gasteiger partial charge in [-0.1, -0.05) is 30.1 Å². The van der Waals surface area contributed by atoms with Crippen molar-refractivity contribution in [3.8, 4) is 0 Å². The van der Waals surface area contributed by atoms with Crippen LogP contribution in [0.15, 0.2) is 12.1 Å². The van der Waals surface area contributed by atoms with E-state index < -0.39 is 0 Å². The lowest BCUT2D eigenvalue weighted by Gasteiger charge is -2.35. The molecular formula is C13H17Cl2FN2. The van der Waals surface area contributed by atoms with Crippen LogP contribution in [0.3, 0.4) is 0 Å². The Morgan fingerprint density at radius 1 is 1.33 bits per heavy atom. The Morgan fingerprint density at radius 2 is 2.00 bits per heavy atom. The molecule has 0 saturated carbocycles. The van der Waals surface area contributed by atoms with Crippen molar-refractivity contribution in [2.24, 2.45) is 0 Å². The van der Waals surface area contributed by atoms with Gasteiger partial charge >= 0.3 is 0 Å². The largest absolute Gasteiger partial charge is 0.314 e. The molecule has 1 N–H and O–H groups in total. The number of benzene rings is 1. The number of hydrogen-bond acceptors (Lipinski definition) is 2. The van der Waals surface area contributed by atoms with Crippen LogP contribution in [0, 0.1) is 5.82 Å². The van der Waals surface area contributed by atoms with Crippen molar-refractivity contribution in [1.82, 2.24) is 10.2 Å². The third-order valence-corrected chi connectivity index (χ3v) is 4.21. The second-order valence-corrected chi connectivity index (χ2v) is 5.25. The van der Waals surface area contributed by atoms with E-state index in [4.69, 9.17) is 23.2 Å². The fourth-order valence-corrected chi connectivity index (χ4v) is 2.93. The summed E-state index contributed by atoms with van der Waals surface area (Å²) in [6, 6.07) is 2.90. The molecule has 100 valence electrons. The van der Waals surface area contributed by atoms with Crippen molar-refractivity contribution in [3.05, 3.63) is 33.6 Å². The molecule has 5 heteroatoms. The minimum absolute atomic E-state index is 0.00157. The van der Waals surface area contributed by atoms with Gasteiger partial charge in [0.05, 0.1) is 10.0 Å². The molecule has 1 aliphatic rings. The molecule has 0 aromatic heterocycles. The van der Waals surface area contributed by atoms with Gasteiger partial charge in [-0.05, 0) is 18.6 Å². The molecule has 0 bridgehead atoms. The molecule has 0 spiro atoms. The molecule has 1 saturated heterocycles. The fourth-order valence-electron chi connectivity index (χ4n) is 2.49. The zero-order chi connectivity index (χ0) is 13.1. The van der Waals surface area contributed by atoms with Crippen LogP contribution in [-0.4, -0.2) is 31.1 Å². The Hall–Kier alpha value is -0.350. The topological polar surface area (TPSA) is 15.3 Å². The predicted molar refractivity (Wildman–Crippen MR) is 73.9 cm³/mol. The van der Waals surface area contributed by atoms with E-state index in [-0.39, 0.29) is 11.9 Å². The lowest BCUT2D eigenvalue weighted by Crippen LogP contribution is -2.45. The van der Waals surface area contributed by atoms with Crippen molar-refractivity contribution in [1.29, 1.82) is 0 Å². The molecule has 1 aromatic rings. The standard InChI is InChI=1S/C13H17Cl2FN2/c1-2-11(18-7-5-17-6-8-18)12-10(16)4-3-9(14)13(12)15/h3-4,11,17H,2,5-8H2,1H3/t11-/m1/s1. The third-order valence-electron chi connectivity index (χ3n) is 3.39. The van der Waals surface area contributed by atoms with Gasteiger partial charge < -0.3 is 5.32 Å². The second-order valence-electron chi connectivity index (χ2n) is 4.47. The van der Waals surface area contributed by atoms with Gasteiger partial charge in [0, 0.05) is 37.8 Å². The second kappa shape index (κ2) is 6.20. The Labute approximate surface area is 117 Å². The highest BCUT2D eigenvalue weighted by molar-refractivity contribution is 6.42. The fraction of sp³-hybridized carbons (Fsp3) is 0.538. The number of rotatable bonds is 3. The Balaban J connectivity index is 2.34. The Morgan fingerprint density at radius 3 is 2.61 bits per heavy atom. The van der Waals surface area contributed by atoms with Gasteiger partial charge in [-0.25, -0.2) is 4.39 Å². The molecule has 18 heavy (non-hydrogen) atoms. The summed E-state index contributed by atoms with van der Waals surface area (Å²) >= 11 is 12.2. The number of hydrogen-bond donors (Lipinski definition) is 1. The van der Waals surface area contributed by atoms with Crippen molar-refractivity contribution in [3.63, 3.8) is 0 Å². The summed E-state index contributed by atoms with van der Waals surface area (Å²) in [4.78, 5) is 2.26. The van der Waals surface area contributed by atoms with Crippen molar-refractivity contribution in [2.45, 2.75) is 19.4 Å². The molecule has 0 aliphatic carbocycles. The average Bonchev–Trinajstić information content (AvgIpc) is 2.40. The highest BCUT2D eigenvalue weighted by atomic mass is 35.5. The summed E-state index contributed by atoms with van der Waals surface area (Å²) in [6.45, 7) is 5.71. The van der Waals surface area contributed by atoms with Gasteiger partial charge in [-0.2, -0.15) is 0 Å². The molecule has 1 heterocycles. The van der Waals surface area contributed by atoms with Crippen molar-refractivity contribution >= 4 is 23.2 Å². The van der Waals surface area contributed by atoms with Gasteiger partial charge in [0.25, 0.3) is 0 Å². The van der Waals surface area contributed by atoms with Crippen LogP contribution in [0.4, 0.5) is 4.39 Å². The number of piperazine rings is 1. The Bertz CT molecular complexity index is 420. The van der Waals surface area contributed by atoms with Crippen LogP contribution in [0.2, 0.25) is 10.0 Å². The van der Waals surface area contributed by atoms with Crippen LogP contribution in [0.5, 0.6) is 0 Å². The van der Waals surface area contributed by atoms with Crippen molar-refractivity contribution < 1.29 is 4.39 Å². The molecule has 2 rings (SSSR count). The molecule has 1 atom stereocenters. The summed E-state index contributed by atoms with van der Waals surface area (Å²) in [7, 11) is 0. The molecule has 1 fully saturated rings. The van der Waals surface area contributed by atoms with E-state index >= 15 is 0 Å². The highest BCUT2D eigenvalue weighted by Crippen LogP contribution is 2.36. The minimum atomic E-state index is -0.269. The average molecular weight is 291 g/mol. The lowest BCUT2D eigenvalue weighted by atomic mass is 10.0. The summed E-state index contributed by atoms with van der Waals surface area (Å²) in [6.07, 6.45) is 0.816. The first-order valence-electron chi connectivity index (χ1n) is 6.23. The highest BCUT2D eigenvalue weighted by Gasteiger charge is 2.26. The van der Waals surface area contributed by atoms with Gasteiger partial charge in [0.1, 0.15) is 5.82 Å². The zero-order valence-electron chi connectivity index (χ0n) is 10.3. The van der Waals surface area contributed by atoms with E-state index in [9.17, 15) is 4.39 Å². The molecule has 1 aromatic carbocycles. The van der Waals surface area contributed by atoms with E-state index in [0.29, 0.717) is 15.6 Å². The molecule has 0 radical (unpaired) electrons. The van der Waals surface area contributed by atoms with E-state index in [0.717, 1.165) is 32.6 Å². The predicted octanol–water partition coefficient (Wildman–Crippen LogP) is 3.49. The van der Waals surface area contributed by atoms with Crippen molar-refractivity contribution in [2.75, 3.05) is 26.2 Å². The quantitative estimate of drug-likeness (QED) is 0.858. The van der Waals surface area contributed by atoms with Gasteiger partial charge in [-0.3, -0.25) is 4.90 Å². The van der Waals surface area contributed by atoms with E-state index in [1.165, 1.54) is 12.1 Å². The first kappa shape index (κ1) is 14.1. The zero-order valence-corrected chi connectivity index (χ0v) is 11.9. The normalized spacial score (nSPS) is 18.9. The maximum Gasteiger partial charge on any atom is 0.129 e. The van der Waals surface area contributed by atoms with Gasteiger partial charge in [-0.15, -0.1) is 0 Å². The molecular weight excluding hydrogens is 274 g/mol. The first-order chi connectivity index (χ1) is 8.65. The minimum Gasteiger partial charge on any atom is -0.314 e. The third kappa shape index (κ3) is 2.80. The smallest absolute Gasteiger partial charge is 0.129 e. The summed E-state index contributed by atoms with van der Waals surface area (Å²) in [5.74, 6) is -0.269. The summed E-state index contributed by atoms with van der Waals surface area (Å²) < 4.78 is 14.0. The maximum atomic E-state index is 14.0. The number of nitrogens with one attached hydrogen (secondary N) is 1. The van der Waals surface area contributed by atoms with Crippen LogP contribution in [-0.2, 0) is 0 Å². The van der Waals surface area contributed by atoms with Gasteiger partial charge in [0.2, 0.25) is 0 Å². The first-order valence-corrected chi connectivity index (χ1v) is 6.99. The van der Waals surface area contributed by atoms with Gasteiger partial charge in [0.15, 0.2) is 0 Å². The van der Waals surface area contributed by atoms with E-state index in [2.05, 4.69) is 10.2 Å².